The number of nitrogens with zero attached hydrogens (tertiary/aromatic N) is 1. The third-order valence-electron chi connectivity index (χ3n) is 4.64. The quantitative estimate of drug-likeness (QED) is 0.519. The molecule has 3 aromatic carbocycles. The Kier molecular flexibility index (Phi) is 4.77. The van der Waals surface area contributed by atoms with Crippen LogP contribution in [0, 0.1) is 6.92 Å². The van der Waals surface area contributed by atoms with E-state index in [-0.39, 0.29) is 5.91 Å². The third-order valence-corrected chi connectivity index (χ3v) is 4.64. The average molecular weight is 368 g/mol. The Morgan fingerprint density at radius 1 is 0.929 bits per heavy atom. The minimum absolute atomic E-state index is 0.180. The van der Waals surface area contributed by atoms with E-state index >= 15 is 0 Å². The molecule has 4 aromatic rings. The second-order valence-electron chi connectivity index (χ2n) is 6.62. The maximum absolute atomic E-state index is 13.1. The minimum atomic E-state index is -0.180. The summed E-state index contributed by atoms with van der Waals surface area (Å²) in [7, 11) is 1.60. The zero-order chi connectivity index (χ0) is 19.5. The van der Waals surface area contributed by atoms with Crippen LogP contribution in [0.15, 0.2) is 78.9 Å². The number of carbonyl (C=O) groups excluding carboxylic acids is 1. The van der Waals surface area contributed by atoms with Crippen LogP contribution in [0.1, 0.15) is 15.9 Å². The van der Waals surface area contributed by atoms with Crippen LogP contribution < -0.4 is 10.1 Å². The van der Waals surface area contributed by atoms with Crippen LogP contribution in [0.25, 0.3) is 22.2 Å². The van der Waals surface area contributed by atoms with E-state index < -0.39 is 0 Å². The molecule has 4 heteroatoms. The molecule has 0 radical (unpaired) electrons. The van der Waals surface area contributed by atoms with Gasteiger partial charge in [0, 0.05) is 22.7 Å². The van der Waals surface area contributed by atoms with E-state index in [1.807, 2.05) is 79.7 Å². The van der Waals surface area contributed by atoms with Crippen LogP contribution in [0.5, 0.6) is 5.75 Å². The van der Waals surface area contributed by atoms with E-state index in [0.29, 0.717) is 17.0 Å². The number of para-hydroxylation sites is 1. The maximum atomic E-state index is 13.1. The Morgan fingerprint density at radius 2 is 1.71 bits per heavy atom. The van der Waals surface area contributed by atoms with Crippen molar-refractivity contribution in [2.24, 2.45) is 0 Å². The van der Waals surface area contributed by atoms with Gasteiger partial charge in [-0.2, -0.15) is 0 Å². The first-order valence-corrected chi connectivity index (χ1v) is 9.06. The Bertz CT molecular complexity index is 1150. The van der Waals surface area contributed by atoms with E-state index in [1.54, 1.807) is 13.2 Å². The summed E-state index contributed by atoms with van der Waals surface area (Å²) in [4.78, 5) is 17.8. The average Bonchev–Trinajstić information content (AvgIpc) is 2.73. The first-order valence-electron chi connectivity index (χ1n) is 9.06. The highest BCUT2D eigenvalue weighted by molar-refractivity contribution is 6.13. The number of pyridine rings is 1. The van der Waals surface area contributed by atoms with Gasteiger partial charge in [-0.05, 0) is 31.2 Å². The predicted octanol–water partition coefficient (Wildman–Crippen LogP) is 5.47. The molecule has 0 aliphatic heterocycles. The number of hydrogen-bond donors (Lipinski definition) is 1. The number of methoxy groups -OCH3 is 1. The number of anilines is 1. The fourth-order valence-electron chi connectivity index (χ4n) is 3.13. The van der Waals surface area contributed by atoms with Crippen molar-refractivity contribution >= 4 is 22.5 Å². The number of rotatable bonds is 4. The van der Waals surface area contributed by atoms with Gasteiger partial charge in [0.25, 0.3) is 5.91 Å². The minimum Gasteiger partial charge on any atom is -0.497 e. The molecule has 0 atom stereocenters. The van der Waals surface area contributed by atoms with Crippen LogP contribution in [-0.4, -0.2) is 18.0 Å². The standard InChI is InChI=1S/C24H20N2O2/c1-16-10-12-17(13-11-16)23-15-21(20-8-3-4-9-22(20)26-23)24(27)25-18-6-5-7-19(14-18)28-2/h3-15H,1-2H3,(H,25,27). The van der Waals surface area contributed by atoms with E-state index in [9.17, 15) is 4.79 Å². The van der Waals surface area contributed by atoms with E-state index in [1.165, 1.54) is 5.56 Å². The van der Waals surface area contributed by atoms with Crippen molar-refractivity contribution < 1.29 is 9.53 Å². The lowest BCUT2D eigenvalue weighted by Gasteiger charge is -2.11. The highest BCUT2D eigenvalue weighted by atomic mass is 16.5. The number of ether oxygens (including phenoxy) is 1. The molecule has 1 amide bonds. The number of benzene rings is 3. The van der Waals surface area contributed by atoms with Crippen LogP contribution in [-0.2, 0) is 0 Å². The summed E-state index contributed by atoms with van der Waals surface area (Å²) < 4.78 is 5.24. The highest BCUT2D eigenvalue weighted by Gasteiger charge is 2.14. The monoisotopic (exact) mass is 368 g/mol. The molecule has 0 spiro atoms. The lowest BCUT2D eigenvalue weighted by Crippen LogP contribution is -2.13. The summed E-state index contributed by atoms with van der Waals surface area (Å²) in [5.41, 5.74) is 4.99. The fraction of sp³-hybridized carbons (Fsp3) is 0.0833. The van der Waals surface area contributed by atoms with Gasteiger partial charge in [-0.15, -0.1) is 0 Å². The Balaban J connectivity index is 1.78. The van der Waals surface area contributed by atoms with Crippen molar-refractivity contribution in [2.75, 3.05) is 12.4 Å². The van der Waals surface area contributed by atoms with Gasteiger partial charge < -0.3 is 10.1 Å². The van der Waals surface area contributed by atoms with Crippen LogP contribution in [0.3, 0.4) is 0 Å². The fourth-order valence-corrected chi connectivity index (χ4v) is 3.13. The molecule has 1 N–H and O–H groups in total. The first kappa shape index (κ1) is 17.7. The summed E-state index contributed by atoms with van der Waals surface area (Å²) >= 11 is 0. The summed E-state index contributed by atoms with van der Waals surface area (Å²) in [5.74, 6) is 0.512. The van der Waals surface area contributed by atoms with Gasteiger partial charge in [0.05, 0.1) is 23.9 Å². The Morgan fingerprint density at radius 3 is 2.50 bits per heavy atom. The first-order chi connectivity index (χ1) is 13.6. The molecule has 138 valence electrons. The zero-order valence-corrected chi connectivity index (χ0v) is 15.8. The summed E-state index contributed by atoms with van der Waals surface area (Å²) in [6.45, 7) is 2.05. The van der Waals surface area contributed by atoms with Crippen LogP contribution in [0.4, 0.5) is 5.69 Å². The van der Waals surface area contributed by atoms with Crippen molar-refractivity contribution in [3.05, 3.63) is 90.0 Å². The molecular formula is C24H20N2O2. The molecule has 0 aliphatic rings. The Labute approximate surface area is 163 Å². The molecule has 1 aromatic heterocycles. The topological polar surface area (TPSA) is 51.2 Å². The largest absolute Gasteiger partial charge is 0.497 e. The van der Waals surface area contributed by atoms with Crippen molar-refractivity contribution in [3.63, 3.8) is 0 Å². The SMILES string of the molecule is COc1cccc(NC(=O)c2cc(-c3ccc(C)cc3)nc3ccccc23)c1. The van der Waals surface area contributed by atoms with Crippen molar-refractivity contribution in [1.29, 1.82) is 0 Å². The predicted molar refractivity (Wildman–Crippen MR) is 113 cm³/mol. The number of nitrogens with one attached hydrogen (secondary N) is 1. The number of hydrogen-bond acceptors (Lipinski definition) is 3. The molecule has 1 heterocycles. The summed E-state index contributed by atoms with van der Waals surface area (Å²) in [6.07, 6.45) is 0. The number of aromatic nitrogens is 1. The molecule has 0 unspecified atom stereocenters. The second kappa shape index (κ2) is 7.53. The van der Waals surface area contributed by atoms with E-state index in [4.69, 9.17) is 9.72 Å². The van der Waals surface area contributed by atoms with E-state index in [2.05, 4.69) is 5.32 Å². The molecule has 0 aliphatic carbocycles. The van der Waals surface area contributed by atoms with Crippen molar-refractivity contribution in [3.8, 4) is 17.0 Å². The van der Waals surface area contributed by atoms with Gasteiger partial charge in [-0.25, -0.2) is 4.98 Å². The summed E-state index contributed by atoms with van der Waals surface area (Å²) in [5, 5.41) is 3.78. The molecule has 28 heavy (non-hydrogen) atoms. The van der Waals surface area contributed by atoms with E-state index in [0.717, 1.165) is 22.2 Å². The molecular weight excluding hydrogens is 348 g/mol. The van der Waals surface area contributed by atoms with Crippen molar-refractivity contribution in [2.45, 2.75) is 6.92 Å². The van der Waals surface area contributed by atoms with Gasteiger partial charge in [0.1, 0.15) is 5.75 Å². The summed E-state index contributed by atoms with van der Waals surface area (Å²) in [6, 6.07) is 25.0. The highest BCUT2D eigenvalue weighted by Crippen LogP contribution is 2.26. The van der Waals surface area contributed by atoms with Gasteiger partial charge in [0.2, 0.25) is 0 Å². The van der Waals surface area contributed by atoms with Gasteiger partial charge in [-0.1, -0.05) is 54.1 Å². The molecule has 0 fully saturated rings. The number of aryl methyl sites for hydroxylation is 1. The molecule has 0 saturated carbocycles. The third kappa shape index (κ3) is 3.58. The zero-order valence-electron chi connectivity index (χ0n) is 15.8. The van der Waals surface area contributed by atoms with Gasteiger partial charge in [-0.3, -0.25) is 4.79 Å². The lowest BCUT2D eigenvalue weighted by molar-refractivity contribution is 0.102. The normalized spacial score (nSPS) is 10.6. The van der Waals surface area contributed by atoms with Gasteiger partial charge >= 0.3 is 0 Å². The Hall–Kier alpha value is -3.66. The molecule has 4 rings (SSSR count). The smallest absolute Gasteiger partial charge is 0.256 e. The second-order valence-corrected chi connectivity index (χ2v) is 6.62. The van der Waals surface area contributed by atoms with Crippen molar-refractivity contribution in [1.82, 2.24) is 4.98 Å². The number of amides is 1. The number of fused-ring (bicyclic) bond motifs is 1. The number of carbonyl (C=O) groups is 1. The van der Waals surface area contributed by atoms with Crippen LogP contribution in [0.2, 0.25) is 0 Å². The molecule has 0 bridgehead atoms. The van der Waals surface area contributed by atoms with Gasteiger partial charge in [0.15, 0.2) is 0 Å². The molecule has 4 nitrogen and oxygen atoms in total. The maximum Gasteiger partial charge on any atom is 0.256 e. The lowest BCUT2D eigenvalue weighted by atomic mass is 10.0. The molecule has 0 saturated heterocycles. The van der Waals surface area contributed by atoms with Crippen LogP contribution >= 0.6 is 0 Å².